The van der Waals surface area contributed by atoms with Crippen molar-refractivity contribution in [2.75, 3.05) is 0 Å². The van der Waals surface area contributed by atoms with Crippen molar-refractivity contribution in [3.8, 4) is 0 Å². The number of H-pyrrole nitrogens is 1. The highest BCUT2D eigenvalue weighted by molar-refractivity contribution is 5.81. The Labute approximate surface area is 127 Å². The van der Waals surface area contributed by atoms with Crippen LogP contribution < -0.4 is 5.32 Å². The van der Waals surface area contributed by atoms with Gasteiger partial charge in [-0.05, 0) is 38.5 Å². The third-order valence-corrected chi connectivity index (χ3v) is 3.32. The maximum atomic E-state index is 12.1. The van der Waals surface area contributed by atoms with E-state index in [1.165, 1.54) is 0 Å². The molecule has 0 bridgehead atoms. The van der Waals surface area contributed by atoms with E-state index in [4.69, 9.17) is 4.52 Å². The Morgan fingerprint density at radius 3 is 2.91 bits per heavy atom. The highest BCUT2D eigenvalue weighted by atomic mass is 16.5. The van der Waals surface area contributed by atoms with Crippen LogP contribution in [-0.4, -0.2) is 26.0 Å². The molecule has 0 aliphatic heterocycles. The smallest absolute Gasteiger partial charge is 0.248 e. The topological polar surface area (TPSA) is 96.7 Å². The summed E-state index contributed by atoms with van der Waals surface area (Å²) in [6.45, 7) is 5.45. The molecule has 1 aromatic carbocycles. The molecule has 0 aliphatic carbocycles. The van der Waals surface area contributed by atoms with Gasteiger partial charge in [-0.3, -0.25) is 4.79 Å². The minimum Gasteiger partial charge on any atom is -0.344 e. The van der Waals surface area contributed by atoms with E-state index in [0.29, 0.717) is 11.7 Å². The Bertz CT molecular complexity index is 820. The molecule has 3 aromatic rings. The highest BCUT2D eigenvalue weighted by Crippen LogP contribution is 2.15. The summed E-state index contributed by atoms with van der Waals surface area (Å²) in [5, 5.41) is 6.57. The number of carbonyl (C=O) groups excluding carboxylic acids is 1. The molecule has 0 radical (unpaired) electrons. The quantitative estimate of drug-likeness (QED) is 0.768. The van der Waals surface area contributed by atoms with Crippen molar-refractivity contribution >= 4 is 16.9 Å². The van der Waals surface area contributed by atoms with Crippen molar-refractivity contribution < 1.29 is 9.32 Å². The first-order valence-corrected chi connectivity index (χ1v) is 7.06. The van der Waals surface area contributed by atoms with Crippen molar-refractivity contribution in [2.24, 2.45) is 0 Å². The molecule has 3 rings (SSSR count). The SMILES string of the molecule is Cc1noc(C(C)NC(=O)Cc2ccc3nc(C)[nH]c3c2)n1. The van der Waals surface area contributed by atoms with E-state index in [1.807, 2.05) is 32.0 Å². The van der Waals surface area contributed by atoms with Gasteiger partial charge in [0, 0.05) is 0 Å². The first-order chi connectivity index (χ1) is 10.5. The molecule has 1 amide bonds. The Hall–Kier alpha value is -2.70. The van der Waals surface area contributed by atoms with E-state index in [-0.39, 0.29) is 18.4 Å². The van der Waals surface area contributed by atoms with Crippen LogP contribution in [0.4, 0.5) is 0 Å². The minimum absolute atomic E-state index is 0.0982. The molecule has 7 nitrogen and oxygen atoms in total. The van der Waals surface area contributed by atoms with Gasteiger partial charge in [-0.25, -0.2) is 4.98 Å². The lowest BCUT2D eigenvalue weighted by atomic mass is 10.1. The molecule has 0 saturated heterocycles. The number of fused-ring (bicyclic) bond motifs is 1. The summed E-state index contributed by atoms with van der Waals surface area (Å²) in [7, 11) is 0. The normalized spacial score (nSPS) is 12.5. The summed E-state index contributed by atoms with van der Waals surface area (Å²) < 4.78 is 5.05. The number of hydrogen-bond donors (Lipinski definition) is 2. The van der Waals surface area contributed by atoms with E-state index in [0.717, 1.165) is 22.4 Å². The number of benzene rings is 1. The van der Waals surface area contributed by atoms with Crippen molar-refractivity contribution in [2.45, 2.75) is 33.2 Å². The van der Waals surface area contributed by atoms with E-state index in [2.05, 4.69) is 25.4 Å². The fourth-order valence-electron chi connectivity index (χ4n) is 2.32. The van der Waals surface area contributed by atoms with Crippen LogP contribution in [0, 0.1) is 13.8 Å². The highest BCUT2D eigenvalue weighted by Gasteiger charge is 2.15. The summed E-state index contributed by atoms with van der Waals surface area (Å²) in [5.74, 6) is 1.72. The van der Waals surface area contributed by atoms with Gasteiger partial charge in [0.15, 0.2) is 5.82 Å². The van der Waals surface area contributed by atoms with E-state index < -0.39 is 0 Å². The number of aromatic amines is 1. The number of aryl methyl sites for hydroxylation is 2. The summed E-state index contributed by atoms with van der Waals surface area (Å²) in [6.07, 6.45) is 0.283. The Morgan fingerprint density at radius 1 is 1.36 bits per heavy atom. The van der Waals surface area contributed by atoms with Crippen molar-refractivity contribution in [1.82, 2.24) is 25.4 Å². The van der Waals surface area contributed by atoms with Gasteiger partial charge in [-0.15, -0.1) is 0 Å². The van der Waals surface area contributed by atoms with Crippen LogP contribution in [0.2, 0.25) is 0 Å². The van der Waals surface area contributed by atoms with Gasteiger partial charge in [0.1, 0.15) is 11.9 Å². The van der Waals surface area contributed by atoms with E-state index >= 15 is 0 Å². The zero-order chi connectivity index (χ0) is 15.7. The third-order valence-electron chi connectivity index (χ3n) is 3.32. The maximum Gasteiger partial charge on any atom is 0.248 e. The Balaban J connectivity index is 1.67. The van der Waals surface area contributed by atoms with Crippen LogP contribution in [0.1, 0.15) is 36.1 Å². The zero-order valence-corrected chi connectivity index (χ0v) is 12.7. The summed E-state index contributed by atoms with van der Waals surface area (Å²) in [5.41, 5.74) is 2.75. The average molecular weight is 299 g/mol. The second kappa shape index (κ2) is 5.59. The molecule has 7 heteroatoms. The van der Waals surface area contributed by atoms with Gasteiger partial charge in [-0.1, -0.05) is 11.2 Å². The molecule has 114 valence electrons. The number of nitrogens with one attached hydrogen (secondary N) is 2. The second-order valence-electron chi connectivity index (χ2n) is 5.32. The lowest BCUT2D eigenvalue weighted by Crippen LogP contribution is -2.28. The summed E-state index contributed by atoms with van der Waals surface area (Å²) >= 11 is 0. The molecular formula is C15H17N5O2. The first kappa shape index (κ1) is 14.2. The molecule has 0 fully saturated rings. The standard InChI is InChI=1S/C15H17N5O2/c1-8(15-19-10(3)20-22-15)16-14(21)7-11-4-5-12-13(6-11)18-9(2)17-12/h4-6,8H,7H2,1-3H3,(H,16,21)(H,17,18). The fourth-order valence-corrected chi connectivity index (χ4v) is 2.32. The van der Waals surface area contributed by atoms with Crippen molar-refractivity contribution in [3.05, 3.63) is 41.3 Å². The average Bonchev–Trinajstić information content (AvgIpc) is 3.03. The second-order valence-corrected chi connectivity index (χ2v) is 5.32. The predicted molar refractivity (Wildman–Crippen MR) is 80.1 cm³/mol. The predicted octanol–water partition coefficient (Wildman–Crippen LogP) is 1.98. The third kappa shape index (κ3) is 2.98. The number of nitrogens with zero attached hydrogens (tertiary/aromatic N) is 3. The molecule has 2 heterocycles. The first-order valence-electron chi connectivity index (χ1n) is 7.06. The monoisotopic (exact) mass is 299 g/mol. The minimum atomic E-state index is -0.313. The van der Waals surface area contributed by atoms with Crippen LogP contribution in [0.15, 0.2) is 22.7 Å². The van der Waals surface area contributed by atoms with Crippen LogP contribution in [0.5, 0.6) is 0 Å². The lowest BCUT2D eigenvalue weighted by molar-refractivity contribution is -0.121. The van der Waals surface area contributed by atoms with E-state index in [9.17, 15) is 4.79 Å². The zero-order valence-electron chi connectivity index (χ0n) is 12.7. The summed E-state index contributed by atoms with van der Waals surface area (Å²) in [6, 6.07) is 5.44. The van der Waals surface area contributed by atoms with Gasteiger partial charge in [-0.2, -0.15) is 4.98 Å². The number of rotatable bonds is 4. The number of hydrogen-bond acceptors (Lipinski definition) is 5. The number of aromatic nitrogens is 4. The fraction of sp³-hybridized carbons (Fsp3) is 0.333. The van der Waals surface area contributed by atoms with E-state index in [1.54, 1.807) is 6.92 Å². The van der Waals surface area contributed by atoms with Crippen LogP contribution >= 0.6 is 0 Å². The molecule has 0 saturated carbocycles. The molecular weight excluding hydrogens is 282 g/mol. The van der Waals surface area contributed by atoms with Crippen molar-refractivity contribution in [1.29, 1.82) is 0 Å². The molecule has 22 heavy (non-hydrogen) atoms. The van der Waals surface area contributed by atoms with Gasteiger partial charge in [0.2, 0.25) is 11.8 Å². The van der Waals surface area contributed by atoms with Gasteiger partial charge in [0.05, 0.1) is 17.5 Å². The molecule has 0 aliphatic rings. The largest absolute Gasteiger partial charge is 0.344 e. The molecule has 0 spiro atoms. The Morgan fingerprint density at radius 2 is 2.18 bits per heavy atom. The van der Waals surface area contributed by atoms with Gasteiger partial charge < -0.3 is 14.8 Å². The molecule has 1 atom stereocenters. The summed E-state index contributed by atoms with van der Waals surface area (Å²) in [4.78, 5) is 23.7. The van der Waals surface area contributed by atoms with Crippen LogP contribution in [-0.2, 0) is 11.2 Å². The maximum absolute atomic E-state index is 12.1. The Kier molecular flexibility index (Phi) is 3.62. The molecule has 2 N–H and O–H groups in total. The van der Waals surface area contributed by atoms with Crippen LogP contribution in [0.3, 0.4) is 0 Å². The number of imidazole rings is 1. The molecule has 2 aromatic heterocycles. The van der Waals surface area contributed by atoms with Gasteiger partial charge >= 0.3 is 0 Å². The number of amides is 1. The van der Waals surface area contributed by atoms with Gasteiger partial charge in [0.25, 0.3) is 0 Å². The lowest BCUT2D eigenvalue weighted by Gasteiger charge is -2.09. The number of carbonyl (C=O) groups is 1. The van der Waals surface area contributed by atoms with Crippen molar-refractivity contribution in [3.63, 3.8) is 0 Å². The van der Waals surface area contributed by atoms with Crippen LogP contribution in [0.25, 0.3) is 11.0 Å². The molecule has 1 unspecified atom stereocenters.